The predicted molar refractivity (Wildman–Crippen MR) is 76.2 cm³/mol. The fourth-order valence-corrected chi connectivity index (χ4v) is 2.30. The fraction of sp³-hybridized carbons (Fsp3) is 0.250. The van der Waals surface area contributed by atoms with Gasteiger partial charge in [-0.25, -0.2) is 14.2 Å². The Kier molecular flexibility index (Phi) is 4.16. The number of benzene rings is 2. The van der Waals surface area contributed by atoms with Crippen molar-refractivity contribution in [2.75, 3.05) is 0 Å². The largest absolute Gasteiger partial charge is 0.271 e. The van der Waals surface area contributed by atoms with E-state index in [4.69, 9.17) is 5.84 Å². The van der Waals surface area contributed by atoms with Gasteiger partial charge in [0.1, 0.15) is 0 Å². The third-order valence-corrected chi connectivity index (χ3v) is 3.53. The zero-order valence-electron chi connectivity index (χ0n) is 11.8. The molecule has 0 aliphatic heterocycles. The molecule has 4 heteroatoms. The monoisotopic (exact) mass is 276 g/mol. The number of halogens is 2. The molecule has 1 unspecified atom stereocenters. The Labute approximate surface area is 117 Å². The van der Waals surface area contributed by atoms with Gasteiger partial charge in [0, 0.05) is 5.56 Å². The zero-order valence-corrected chi connectivity index (χ0v) is 11.8. The Morgan fingerprint density at radius 2 is 1.55 bits per heavy atom. The summed E-state index contributed by atoms with van der Waals surface area (Å²) < 4.78 is 27.9. The molecule has 2 aromatic carbocycles. The highest BCUT2D eigenvalue weighted by Crippen LogP contribution is 2.29. The maximum Gasteiger partial charge on any atom is 0.164 e. The van der Waals surface area contributed by atoms with Gasteiger partial charge in [-0.1, -0.05) is 35.9 Å². The van der Waals surface area contributed by atoms with Crippen LogP contribution >= 0.6 is 0 Å². The summed E-state index contributed by atoms with van der Waals surface area (Å²) in [6, 6.07) is 8.39. The third kappa shape index (κ3) is 2.57. The number of rotatable bonds is 3. The van der Waals surface area contributed by atoms with Crippen LogP contribution in [0.25, 0.3) is 0 Å². The van der Waals surface area contributed by atoms with E-state index in [1.54, 1.807) is 12.1 Å². The molecule has 0 bridgehead atoms. The summed E-state index contributed by atoms with van der Waals surface area (Å²) in [5, 5.41) is 0. The minimum Gasteiger partial charge on any atom is -0.271 e. The summed E-state index contributed by atoms with van der Waals surface area (Å²) in [4.78, 5) is 0. The van der Waals surface area contributed by atoms with Gasteiger partial charge in [0.2, 0.25) is 0 Å². The van der Waals surface area contributed by atoms with Gasteiger partial charge in [-0.15, -0.1) is 0 Å². The lowest BCUT2D eigenvalue weighted by Crippen LogP contribution is -2.30. The second kappa shape index (κ2) is 5.69. The number of hydrogen-bond acceptors (Lipinski definition) is 2. The van der Waals surface area contributed by atoms with Crippen LogP contribution in [-0.2, 0) is 0 Å². The minimum absolute atomic E-state index is 0.212. The standard InChI is InChI=1S/C16H18F2N2/c1-9-4-5-10(2)13(8-9)16(20-19)12-7-6-11(3)14(17)15(12)18/h4-8,16,20H,19H2,1-3H3. The Balaban J connectivity index is 2.58. The van der Waals surface area contributed by atoms with Crippen LogP contribution in [0.2, 0.25) is 0 Å². The van der Waals surface area contributed by atoms with Crippen LogP contribution in [0.3, 0.4) is 0 Å². The first-order valence-electron chi connectivity index (χ1n) is 6.43. The van der Waals surface area contributed by atoms with Gasteiger partial charge < -0.3 is 0 Å². The van der Waals surface area contributed by atoms with Gasteiger partial charge in [0.15, 0.2) is 11.6 Å². The molecule has 0 heterocycles. The predicted octanol–water partition coefficient (Wildman–Crippen LogP) is 3.44. The maximum atomic E-state index is 14.1. The average molecular weight is 276 g/mol. The van der Waals surface area contributed by atoms with Crippen LogP contribution in [0.5, 0.6) is 0 Å². The van der Waals surface area contributed by atoms with Gasteiger partial charge in [-0.05, 0) is 37.5 Å². The van der Waals surface area contributed by atoms with Gasteiger partial charge in [-0.3, -0.25) is 5.84 Å². The first kappa shape index (κ1) is 14.6. The normalized spacial score (nSPS) is 12.5. The smallest absolute Gasteiger partial charge is 0.164 e. The van der Waals surface area contributed by atoms with Crippen LogP contribution in [0.15, 0.2) is 30.3 Å². The summed E-state index contributed by atoms with van der Waals surface area (Å²) >= 11 is 0. The molecule has 1 atom stereocenters. The molecule has 0 aliphatic rings. The van der Waals surface area contributed by atoms with Gasteiger partial charge in [0.05, 0.1) is 6.04 Å². The van der Waals surface area contributed by atoms with Crippen molar-refractivity contribution in [2.45, 2.75) is 26.8 Å². The van der Waals surface area contributed by atoms with Gasteiger partial charge >= 0.3 is 0 Å². The summed E-state index contributed by atoms with van der Waals surface area (Å²) in [5.74, 6) is 3.89. The molecule has 2 rings (SSSR count). The fourth-order valence-electron chi connectivity index (χ4n) is 2.30. The molecule has 3 N–H and O–H groups in total. The highest BCUT2D eigenvalue weighted by atomic mass is 19.2. The lowest BCUT2D eigenvalue weighted by molar-refractivity contribution is 0.478. The van der Waals surface area contributed by atoms with E-state index in [0.29, 0.717) is 0 Å². The molecular formula is C16H18F2N2. The van der Waals surface area contributed by atoms with E-state index in [2.05, 4.69) is 5.43 Å². The van der Waals surface area contributed by atoms with E-state index < -0.39 is 17.7 Å². The Morgan fingerprint density at radius 1 is 0.900 bits per heavy atom. The van der Waals surface area contributed by atoms with Crippen molar-refractivity contribution in [2.24, 2.45) is 5.84 Å². The molecule has 106 valence electrons. The maximum absolute atomic E-state index is 14.1. The highest BCUT2D eigenvalue weighted by molar-refractivity contribution is 5.40. The number of nitrogens with one attached hydrogen (secondary N) is 1. The molecule has 0 radical (unpaired) electrons. The van der Waals surface area contributed by atoms with Crippen molar-refractivity contribution < 1.29 is 8.78 Å². The van der Waals surface area contributed by atoms with Crippen LogP contribution in [0, 0.1) is 32.4 Å². The Hall–Kier alpha value is -1.78. The third-order valence-electron chi connectivity index (χ3n) is 3.53. The van der Waals surface area contributed by atoms with E-state index in [0.717, 1.165) is 16.7 Å². The van der Waals surface area contributed by atoms with Crippen molar-refractivity contribution >= 4 is 0 Å². The molecule has 2 aromatic rings. The molecule has 0 aromatic heterocycles. The van der Waals surface area contributed by atoms with Crippen LogP contribution < -0.4 is 11.3 Å². The van der Waals surface area contributed by atoms with Crippen LogP contribution in [-0.4, -0.2) is 0 Å². The summed E-state index contributed by atoms with van der Waals surface area (Å²) in [5.41, 5.74) is 5.93. The highest BCUT2D eigenvalue weighted by Gasteiger charge is 2.21. The number of hydrazine groups is 1. The van der Waals surface area contributed by atoms with Crippen molar-refractivity contribution in [1.29, 1.82) is 0 Å². The first-order chi connectivity index (χ1) is 9.45. The number of aryl methyl sites for hydroxylation is 3. The number of hydrogen-bond donors (Lipinski definition) is 2. The topological polar surface area (TPSA) is 38.0 Å². The quantitative estimate of drug-likeness (QED) is 0.665. The van der Waals surface area contributed by atoms with E-state index >= 15 is 0 Å². The van der Waals surface area contributed by atoms with Crippen molar-refractivity contribution in [1.82, 2.24) is 5.43 Å². The molecule has 0 aliphatic carbocycles. The lowest BCUT2D eigenvalue weighted by Gasteiger charge is -2.21. The molecule has 20 heavy (non-hydrogen) atoms. The molecular weight excluding hydrogens is 258 g/mol. The van der Waals surface area contributed by atoms with Crippen LogP contribution in [0.1, 0.15) is 33.9 Å². The molecule has 0 amide bonds. The summed E-state index contributed by atoms with van der Waals surface area (Å²) in [7, 11) is 0. The summed E-state index contributed by atoms with van der Waals surface area (Å²) in [6.45, 7) is 5.40. The molecule has 0 saturated carbocycles. The van der Waals surface area contributed by atoms with Gasteiger partial charge in [-0.2, -0.15) is 0 Å². The Morgan fingerprint density at radius 3 is 2.20 bits per heavy atom. The first-order valence-corrected chi connectivity index (χ1v) is 6.43. The van der Waals surface area contributed by atoms with Crippen molar-refractivity contribution in [3.05, 3.63) is 69.8 Å². The summed E-state index contributed by atoms with van der Waals surface area (Å²) in [6.07, 6.45) is 0. The average Bonchev–Trinajstić information content (AvgIpc) is 2.43. The zero-order chi connectivity index (χ0) is 14.9. The second-order valence-electron chi connectivity index (χ2n) is 5.06. The van der Waals surface area contributed by atoms with E-state index in [-0.39, 0.29) is 11.1 Å². The number of nitrogens with two attached hydrogens (primary N) is 1. The Bertz CT molecular complexity index is 639. The van der Waals surface area contributed by atoms with Gasteiger partial charge in [0.25, 0.3) is 0 Å². The van der Waals surface area contributed by atoms with Crippen molar-refractivity contribution in [3.8, 4) is 0 Å². The minimum atomic E-state index is -0.853. The molecule has 0 spiro atoms. The lowest BCUT2D eigenvalue weighted by atomic mass is 9.93. The molecule has 0 fully saturated rings. The SMILES string of the molecule is Cc1ccc(C)c(C(NN)c2ccc(C)c(F)c2F)c1. The van der Waals surface area contributed by atoms with Crippen LogP contribution in [0.4, 0.5) is 8.78 Å². The molecule has 0 saturated heterocycles. The van der Waals surface area contributed by atoms with E-state index in [9.17, 15) is 8.78 Å². The molecule has 2 nitrogen and oxygen atoms in total. The van der Waals surface area contributed by atoms with E-state index in [1.807, 2.05) is 32.0 Å². The van der Waals surface area contributed by atoms with Crippen molar-refractivity contribution in [3.63, 3.8) is 0 Å². The second-order valence-corrected chi connectivity index (χ2v) is 5.06. The van der Waals surface area contributed by atoms with E-state index in [1.165, 1.54) is 6.92 Å².